The largest absolute Gasteiger partial charge is 0.234 e. The third-order valence-corrected chi connectivity index (χ3v) is 3.76. The Bertz CT molecular complexity index is 612. The van der Waals surface area contributed by atoms with Crippen LogP contribution in [0.5, 0.6) is 0 Å². The summed E-state index contributed by atoms with van der Waals surface area (Å²) < 4.78 is 0. The molecule has 0 aromatic heterocycles. The van der Waals surface area contributed by atoms with E-state index < -0.39 is 0 Å². The molecule has 0 aliphatic carbocycles. The van der Waals surface area contributed by atoms with Crippen molar-refractivity contribution in [1.82, 2.24) is 5.01 Å². The Balaban J connectivity index is 2.35. The molecule has 1 aliphatic heterocycles. The zero-order valence-electron chi connectivity index (χ0n) is 10.8. The second-order valence-electron chi connectivity index (χ2n) is 4.05. The minimum absolute atomic E-state index is 0.432. The molecule has 0 saturated heterocycles. The molecule has 0 N–H and O–H groups in total. The summed E-state index contributed by atoms with van der Waals surface area (Å²) in [5.74, 6) is 0.616. The number of allylic oxidation sites excluding steroid dienone is 2. The molecule has 3 nitrogen and oxygen atoms in total. The fraction of sp³-hybridized carbons (Fsp3) is 0.143. The maximum atomic E-state index is 6.16. The summed E-state index contributed by atoms with van der Waals surface area (Å²) in [5.41, 5.74) is 1.59. The first-order valence-electron chi connectivity index (χ1n) is 5.87. The zero-order chi connectivity index (χ0) is 14.7. The van der Waals surface area contributed by atoms with Gasteiger partial charge in [0.1, 0.15) is 5.16 Å². The lowest BCUT2D eigenvalue weighted by molar-refractivity contribution is 0.477. The molecule has 0 fully saturated rings. The molecule has 104 valence electrons. The summed E-state index contributed by atoms with van der Waals surface area (Å²) in [6, 6.07) is 5.40. The van der Waals surface area contributed by atoms with Crippen molar-refractivity contribution in [2.24, 2.45) is 10.1 Å². The quantitative estimate of drug-likeness (QED) is 0.576. The summed E-state index contributed by atoms with van der Waals surface area (Å²) in [6.45, 7) is 5.32. The Morgan fingerprint density at radius 3 is 2.50 bits per heavy atom. The Morgan fingerprint density at radius 2 is 1.95 bits per heavy atom. The van der Waals surface area contributed by atoms with Gasteiger partial charge in [0.05, 0.1) is 5.71 Å². The lowest BCUT2D eigenvalue weighted by Crippen LogP contribution is -2.19. The fourth-order valence-electron chi connectivity index (χ4n) is 1.83. The minimum Gasteiger partial charge on any atom is -0.234 e. The molecule has 0 radical (unpaired) electrons. The van der Waals surface area contributed by atoms with Crippen LogP contribution in [0.4, 0.5) is 0 Å². The third-order valence-electron chi connectivity index (χ3n) is 2.78. The van der Waals surface area contributed by atoms with Gasteiger partial charge in [-0.1, -0.05) is 40.9 Å². The number of nitrogens with zero attached hydrogens (tertiary/aromatic N) is 3. The van der Waals surface area contributed by atoms with Crippen LogP contribution in [0.25, 0.3) is 0 Å². The van der Waals surface area contributed by atoms with Gasteiger partial charge in [-0.3, -0.25) is 0 Å². The fourth-order valence-corrected chi connectivity index (χ4v) is 2.63. The maximum Gasteiger partial charge on any atom is 0.151 e. The van der Waals surface area contributed by atoms with Gasteiger partial charge >= 0.3 is 0 Å². The van der Waals surface area contributed by atoms with E-state index in [0.717, 1.165) is 11.3 Å². The lowest BCUT2D eigenvalue weighted by atomic mass is 10.1. The van der Waals surface area contributed by atoms with Crippen LogP contribution in [-0.4, -0.2) is 17.4 Å². The standard InChI is InChI=1S/C14H12Cl3N3/c1-3-14-19-9(8-13(17)20(14)18-2)7-10-11(15)5-4-6-12(10)16/h3-6,8H,2,7H2,1H3/b14-3-. The zero-order valence-corrected chi connectivity index (χ0v) is 13.0. The molecule has 6 heteroatoms. The number of hydrazone groups is 1. The highest BCUT2D eigenvalue weighted by molar-refractivity contribution is 6.36. The van der Waals surface area contributed by atoms with E-state index in [9.17, 15) is 0 Å². The molecular formula is C14H12Cl3N3. The minimum atomic E-state index is 0.432. The van der Waals surface area contributed by atoms with E-state index in [-0.39, 0.29) is 0 Å². The molecule has 0 atom stereocenters. The van der Waals surface area contributed by atoms with Crippen molar-refractivity contribution in [3.05, 3.63) is 56.9 Å². The summed E-state index contributed by atoms with van der Waals surface area (Å²) in [6.07, 6.45) is 4.03. The van der Waals surface area contributed by atoms with Crippen LogP contribution in [0.3, 0.4) is 0 Å². The van der Waals surface area contributed by atoms with Gasteiger partial charge in [0.15, 0.2) is 5.82 Å². The lowest BCUT2D eigenvalue weighted by Gasteiger charge is -2.22. The molecule has 1 aromatic carbocycles. The molecule has 0 amide bonds. The molecule has 1 aliphatic rings. The maximum absolute atomic E-state index is 6.16. The van der Waals surface area contributed by atoms with Crippen LogP contribution in [0.15, 0.2) is 51.4 Å². The van der Waals surface area contributed by atoms with Crippen LogP contribution in [-0.2, 0) is 6.42 Å². The van der Waals surface area contributed by atoms with Crippen molar-refractivity contribution >= 4 is 47.2 Å². The molecule has 0 unspecified atom stereocenters. The van der Waals surface area contributed by atoms with Crippen LogP contribution in [0, 0.1) is 0 Å². The smallest absolute Gasteiger partial charge is 0.151 e. The first-order chi connectivity index (χ1) is 9.56. The molecule has 1 aromatic rings. The predicted octanol–water partition coefficient (Wildman–Crippen LogP) is 4.85. The first-order valence-corrected chi connectivity index (χ1v) is 7.01. The second kappa shape index (κ2) is 6.44. The highest BCUT2D eigenvalue weighted by atomic mass is 35.5. The molecule has 0 spiro atoms. The van der Waals surface area contributed by atoms with E-state index in [2.05, 4.69) is 16.8 Å². The number of rotatable bonds is 3. The average molecular weight is 329 g/mol. The summed E-state index contributed by atoms with van der Waals surface area (Å²) in [7, 11) is 0. The monoisotopic (exact) mass is 327 g/mol. The highest BCUT2D eigenvalue weighted by Crippen LogP contribution is 2.28. The Labute approximate surface area is 132 Å². The summed E-state index contributed by atoms with van der Waals surface area (Å²) in [5, 5.41) is 6.92. The molecule has 2 rings (SSSR count). The van der Waals surface area contributed by atoms with E-state index in [4.69, 9.17) is 34.8 Å². The first kappa shape index (κ1) is 15.1. The summed E-state index contributed by atoms with van der Waals surface area (Å²) >= 11 is 18.5. The van der Waals surface area contributed by atoms with E-state index in [1.165, 1.54) is 5.01 Å². The number of aliphatic imine (C=N–C) groups is 1. The average Bonchev–Trinajstić information content (AvgIpc) is 2.42. The van der Waals surface area contributed by atoms with E-state index in [1.807, 2.05) is 6.92 Å². The molecule has 20 heavy (non-hydrogen) atoms. The van der Waals surface area contributed by atoms with E-state index >= 15 is 0 Å². The molecule has 0 saturated carbocycles. The third kappa shape index (κ3) is 3.06. The van der Waals surface area contributed by atoms with Crippen molar-refractivity contribution in [2.75, 3.05) is 0 Å². The van der Waals surface area contributed by atoms with Gasteiger partial charge in [0.2, 0.25) is 0 Å². The van der Waals surface area contributed by atoms with Gasteiger partial charge in [0.25, 0.3) is 0 Å². The van der Waals surface area contributed by atoms with E-state index in [1.54, 1.807) is 30.4 Å². The van der Waals surface area contributed by atoms with Gasteiger partial charge in [-0.05, 0) is 36.8 Å². The van der Waals surface area contributed by atoms with Crippen LogP contribution < -0.4 is 0 Å². The van der Waals surface area contributed by atoms with Crippen molar-refractivity contribution in [2.45, 2.75) is 13.3 Å². The number of hydrogen-bond donors (Lipinski definition) is 0. The molecule has 0 bridgehead atoms. The highest BCUT2D eigenvalue weighted by Gasteiger charge is 2.18. The molecular weight excluding hydrogens is 317 g/mol. The van der Waals surface area contributed by atoms with Gasteiger partial charge in [-0.2, -0.15) is 5.10 Å². The van der Waals surface area contributed by atoms with Crippen LogP contribution in [0.2, 0.25) is 10.0 Å². The SMILES string of the molecule is C=NN1C(Cl)=CC(Cc2c(Cl)cccc2Cl)=N/C1=C/C. The van der Waals surface area contributed by atoms with Crippen molar-refractivity contribution in [1.29, 1.82) is 0 Å². The Morgan fingerprint density at radius 1 is 1.30 bits per heavy atom. The van der Waals surface area contributed by atoms with Gasteiger partial charge < -0.3 is 0 Å². The second-order valence-corrected chi connectivity index (χ2v) is 5.25. The number of benzene rings is 1. The van der Waals surface area contributed by atoms with Crippen molar-refractivity contribution < 1.29 is 0 Å². The van der Waals surface area contributed by atoms with E-state index in [0.29, 0.717) is 27.4 Å². The topological polar surface area (TPSA) is 28.0 Å². The van der Waals surface area contributed by atoms with Gasteiger partial charge in [-0.25, -0.2) is 10.0 Å². The number of hydrogen-bond acceptors (Lipinski definition) is 3. The normalized spacial score (nSPS) is 17.0. The van der Waals surface area contributed by atoms with Gasteiger partial charge in [0, 0.05) is 23.2 Å². The number of halogens is 3. The van der Waals surface area contributed by atoms with Crippen molar-refractivity contribution in [3.63, 3.8) is 0 Å². The van der Waals surface area contributed by atoms with Crippen molar-refractivity contribution in [3.8, 4) is 0 Å². The van der Waals surface area contributed by atoms with Crippen LogP contribution >= 0.6 is 34.8 Å². The Kier molecular flexibility index (Phi) is 4.86. The predicted molar refractivity (Wildman–Crippen MR) is 86.7 cm³/mol. The molecule has 1 heterocycles. The summed E-state index contributed by atoms with van der Waals surface area (Å²) in [4.78, 5) is 4.47. The Hall–Kier alpha value is -1.29. The van der Waals surface area contributed by atoms with Crippen LogP contribution in [0.1, 0.15) is 12.5 Å². The van der Waals surface area contributed by atoms with Gasteiger partial charge in [-0.15, -0.1) is 0 Å².